The molecule has 106 valence electrons. The molecule has 2 aromatic heterocycles. The first-order valence-corrected chi connectivity index (χ1v) is 6.94. The van der Waals surface area contributed by atoms with Gasteiger partial charge in [0.2, 0.25) is 0 Å². The highest BCUT2D eigenvalue weighted by Gasteiger charge is 2.28. The van der Waals surface area contributed by atoms with Crippen LogP contribution in [0.1, 0.15) is 40.5 Å². The van der Waals surface area contributed by atoms with Crippen molar-refractivity contribution in [2.75, 3.05) is 13.1 Å². The van der Waals surface area contributed by atoms with Crippen molar-refractivity contribution in [1.82, 2.24) is 24.9 Å². The quantitative estimate of drug-likeness (QED) is 0.901. The normalized spacial score (nSPS) is 19.3. The van der Waals surface area contributed by atoms with Crippen LogP contribution in [0, 0.1) is 6.92 Å². The fraction of sp³-hybridized carbons (Fsp3) is 0.500. The Balaban J connectivity index is 1.75. The molecule has 1 N–H and O–H groups in total. The van der Waals surface area contributed by atoms with Crippen molar-refractivity contribution < 1.29 is 4.79 Å². The van der Waals surface area contributed by atoms with Crippen molar-refractivity contribution in [2.45, 2.75) is 25.7 Å². The molecule has 6 heteroatoms. The summed E-state index contributed by atoms with van der Waals surface area (Å²) < 4.78 is 1.66. The summed E-state index contributed by atoms with van der Waals surface area (Å²) in [7, 11) is 1.82. The number of nitrogens with one attached hydrogen (secondary N) is 1. The van der Waals surface area contributed by atoms with Crippen LogP contribution in [-0.2, 0) is 7.05 Å². The Hall–Kier alpha value is -2.11. The number of nitrogens with zero attached hydrogens (tertiary/aromatic N) is 4. The third kappa shape index (κ3) is 2.33. The standard InChI is InChI=1S/C14H19N5O/c1-10-8-15-16-13(10)11-4-3-6-19(9-11)14(20)12-5-7-18(2)17-12/h5,7-8,11H,3-4,6,9H2,1-2H3,(H,15,16)/t11-/m0/s1. The van der Waals surface area contributed by atoms with Crippen LogP contribution >= 0.6 is 0 Å². The van der Waals surface area contributed by atoms with Crippen LogP contribution in [0.15, 0.2) is 18.5 Å². The van der Waals surface area contributed by atoms with Gasteiger partial charge >= 0.3 is 0 Å². The second-order valence-electron chi connectivity index (χ2n) is 5.43. The molecule has 1 atom stereocenters. The summed E-state index contributed by atoms with van der Waals surface area (Å²) in [6.45, 7) is 3.59. The van der Waals surface area contributed by atoms with Gasteiger partial charge in [0, 0.05) is 37.9 Å². The van der Waals surface area contributed by atoms with Crippen LogP contribution in [0.4, 0.5) is 0 Å². The maximum absolute atomic E-state index is 12.4. The summed E-state index contributed by atoms with van der Waals surface area (Å²) >= 11 is 0. The predicted octanol–water partition coefficient (Wildman–Crippen LogP) is 1.47. The topological polar surface area (TPSA) is 66.8 Å². The molecule has 0 aliphatic carbocycles. The number of hydrogen-bond donors (Lipinski definition) is 1. The molecule has 1 amide bonds. The monoisotopic (exact) mass is 273 g/mol. The zero-order valence-corrected chi connectivity index (χ0v) is 11.8. The van der Waals surface area contributed by atoms with Crippen LogP contribution in [-0.4, -0.2) is 43.9 Å². The lowest BCUT2D eigenvalue weighted by molar-refractivity contribution is 0.0699. The minimum atomic E-state index is 0.0208. The summed E-state index contributed by atoms with van der Waals surface area (Å²) in [6.07, 6.45) is 5.75. The smallest absolute Gasteiger partial charge is 0.274 e. The van der Waals surface area contributed by atoms with Gasteiger partial charge in [0.15, 0.2) is 0 Å². The van der Waals surface area contributed by atoms with E-state index in [1.54, 1.807) is 16.9 Å². The second-order valence-corrected chi connectivity index (χ2v) is 5.43. The third-order valence-corrected chi connectivity index (χ3v) is 3.92. The Kier molecular flexibility index (Phi) is 3.30. The molecule has 1 saturated heterocycles. The molecular weight excluding hydrogens is 254 g/mol. The minimum absolute atomic E-state index is 0.0208. The van der Waals surface area contributed by atoms with Crippen molar-refractivity contribution in [3.63, 3.8) is 0 Å². The number of H-pyrrole nitrogens is 1. The molecule has 0 aromatic carbocycles. The maximum Gasteiger partial charge on any atom is 0.274 e. The second kappa shape index (κ2) is 5.11. The van der Waals surface area contributed by atoms with Crippen LogP contribution in [0.25, 0.3) is 0 Å². The molecule has 20 heavy (non-hydrogen) atoms. The predicted molar refractivity (Wildman–Crippen MR) is 74.4 cm³/mol. The molecule has 1 aliphatic heterocycles. The molecule has 0 bridgehead atoms. The molecule has 0 unspecified atom stereocenters. The van der Waals surface area contributed by atoms with E-state index in [2.05, 4.69) is 22.2 Å². The summed E-state index contributed by atoms with van der Waals surface area (Å²) in [6, 6.07) is 1.77. The van der Waals surface area contributed by atoms with E-state index < -0.39 is 0 Å². The fourth-order valence-electron chi connectivity index (χ4n) is 2.86. The number of amides is 1. The summed E-state index contributed by atoms with van der Waals surface area (Å²) in [5.74, 6) is 0.367. The summed E-state index contributed by atoms with van der Waals surface area (Å²) in [5.41, 5.74) is 2.85. The van der Waals surface area contributed by atoms with Gasteiger partial charge < -0.3 is 4.90 Å². The van der Waals surface area contributed by atoms with Gasteiger partial charge in [-0.3, -0.25) is 14.6 Å². The number of aromatic amines is 1. The SMILES string of the molecule is Cc1cn[nH]c1[C@H]1CCCN(C(=O)c2ccn(C)n2)C1. The molecule has 0 radical (unpaired) electrons. The average Bonchev–Trinajstić information content (AvgIpc) is 3.07. The van der Waals surface area contributed by atoms with Crippen molar-refractivity contribution in [3.8, 4) is 0 Å². The number of aromatic nitrogens is 4. The number of carbonyl (C=O) groups excluding carboxylic acids is 1. The van der Waals surface area contributed by atoms with Crippen LogP contribution in [0.3, 0.4) is 0 Å². The third-order valence-electron chi connectivity index (χ3n) is 3.92. The number of piperidine rings is 1. The number of aryl methyl sites for hydroxylation is 2. The lowest BCUT2D eigenvalue weighted by Gasteiger charge is -2.32. The van der Waals surface area contributed by atoms with E-state index >= 15 is 0 Å². The van der Waals surface area contributed by atoms with Gasteiger partial charge in [-0.15, -0.1) is 0 Å². The van der Waals surface area contributed by atoms with E-state index in [4.69, 9.17) is 0 Å². The highest BCUT2D eigenvalue weighted by molar-refractivity contribution is 5.92. The van der Waals surface area contributed by atoms with E-state index in [0.717, 1.165) is 31.6 Å². The first-order valence-electron chi connectivity index (χ1n) is 6.94. The molecule has 3 heterocycles. The molecular formula is C14H19N5O. The average molecular weight is 273 g/mol. The Labute approximate surface area is 117 Å². The Morgan fingerprint density at radius 1 is 1.50 bits per heavy atom. The van der Waals surface area contributed by atoms with E-state index in [9.17, 15) is 4.79 Å². The van der Waals surface area contributed by atoms with E-state index in [1.807, 2.05) is 18.1 Å². The lowest BCUT2D eigenvalue weighted by atomic mass is 9.93. The minimum Gasteiger partial charge on any atom is -0.337 e. The van der Waals surface area contributed by atoms with Gasteiger partial charge in [-0.05, 0) is 31.4 Å². The fourth-order valence-corrected chi connectivity index (χ4v) is 2.86. The van der Waals surface area contributed by atoms with Crippen LogP contribution in [0.2, 0.25) is 0 Å². The number of rotatable bonds is 2. The van der Waals surface area contributed by atoms with Gasteiger partial charge in [-0.1, -0.05) is 0 Å². The van der Waals surface area contributed by atoms with Crippen LogP contribution < -0.4 is 0 Å². The van der Waals surface area contributed by atoms with Crippen molar-refractivity contribution >= 4 is 5.91 Å². The van der Waals surface area contributed by atoms with Crippen molar-refractivity contribution in [2.24, 2.45) is 7.05 Å². The zero-order valence-electron chi connectivity index (χ0n) is 11.8. The Morgan fingerprint density at radius 2 is 2.35 bits per heavy atom. The number of likely N-dealkylation sites (tertiary alicyclic amines) is 1. The van der Waals surface area contributed by atoms with E-state index in [1.165, 1.54) is 5.56 Å². The molecule has 6 nitrogen and oxygen atoms in total. The summed E-state index contributed by atoms with van der Waals surface area (Å²) in [5, 5.41) is 11.4. The number of hydrogen-bond acceptors (Lipinski definition) is 3. The Bertz CT molecular complexity index is 615. The molecule has 0 spiro atoms. The largest absolute Gasteiger partial charge is 0.337 e. The highest BCUT2D eigenvalue weighted by Crippen LogP contribution is 2.28. The van der Waals surface area contributed by atoms with Crippen LogP contribution in [0.5, 0.6) is 0 Å². The first kappa shape index (κ1) is 12.9. The number of carbonyl (C=O) groups is 1. The van der Waals surface area contributed by atoms with Crippen molar-refractivity contribution in [3.05, 3.63) is 35.4 Å². The highest BCUT2D eigenvalue weighted by atomic mass is 16.2. The van der Waals surface area contributed by atoms with Gasteiger partial charge in [0.05, 0.1) is 6.20 Å². The van der Waals surface area contributed by atoms with E-state index in [0.29, 0.717) is 11.6 Å². The van der Waals surface area contributed by atoms with Gasteiger partial charge in [-0.25, -0.2) is 0 Å². The van der Waals surface area contributed by atoms with Gasteiger partial charge in [-0.2, -0.15) is 10.2 Å². The Morgan fingerprint density at radius 3 is 3.00 bits per heavy atom. The first-order chi connectivity index (χ1) is 9.65. The summed E-state index contributed by atoms with van der Waals surface area (Å²) in [4.78, 5) is 14.3. The van der Waals surface area contributed by atoms with Gasteiger partial charge in [0.25, 0.3) is 5.91 Å². The molecule has 3 rings (SSSR count). The lowest BCUT2D eigenvalue weighted by Crippen LogP contribution is -2.39. The van der Waals surface area contributed by atoms with Crippen molar-refractivity contribution in [1.29, 1.82) is 0 Å². The van der Waals surface area contributed by atoms with Gasteiger partial charge in [0.1, 0.15) is 5.69 Å². The molecule has 1 aliphatic rings. The molecule has 1 fully saturated rings. The molecule has 2 aromatic rings. The zero-order chi connectivity index (χ0) is 14.1. The van der Waals surface area contributed by atoms with E-state index in [-0.39, 0.29) is 5.91 Å². The molecule has 0 saturated carbocycles. The maximum atomic E-state index is 12.4.